The number of likely N-dealkylation sites (N-methyl/N-ethyl adjacent to an activating group) is 1. The van der Waals surface area contributed by atoms with E-state index >= 15 is 0 Å². The van der Waals surface area contributed by atoms with Crippen molar-refractivity contribution in [1.29, 1.82) is 0 Å². The average Bonchev–Trinajstić information content (AvgIpc) is 2.54. The number of nitrogens with one attached hydrogen (secondary N) is 2. The first-order valence-corrected chi connectivity index (χ1v) is 7.93. The van der Waals surface area contributed by atoms with Crippen molar-refractivity contribution in [2.45, 2.75) is 26.4 Å². The SMILES string of the molecule is CCOCCNC(=NC)NCC(C)N(C)Cc1ccccc1. The molecule has 0 aliphatic rings. The lowest BCUT2D eigenvalue weighted by Crippen LogP contribution is -2.45. The molecule has 1 aromatic rings. The molecule has 1 unspecified atom stereocenters. The van der Waals surface area contributed by atoms with Gasteiger partial charge in [-0.3, -0.25) is 9.89 Å². The van der Waals surface area contributed by atoms with E-state index in [0.717, 1.165) is 32.2 Å². The van der Waals surface area contributed by atoms with Gasteiger partial charge in [0.25, 0.3) is 0 Å². The fourth-order valence-electron chi connectivity index (χ4n) is 2.03. The van der Waals surface area contributed by atoms with E-state index < -0.39 is 0 Å². The highest BCUT2D eigenvalue weighted by atomic mass is 16.5. The molecule has 0 aromatic heterocycles. The van der Waals surface area contributed by atoms with Crippen molar-refractivity contribution in [2.24, 2.45) is 4.99 Å². The standard InChI is InChI=1S/C17H30N4O/c1-5-22-12-11-19-17(18-3)20-13-15(2)21(4)14-16-9-7-6-8-10-16/h6-10,15H,5,11-14H2,1-4H3,(H2,18,19,20). The smallest absolute Gasteiger partial charge is 0.191 e. The summed E-state index contributed by atoms with van der Waals surface area (Å²) in [4.78, 5) is 6.55. The largest absolute Gasteiger partial charge is 0.380 e. The lowest BCUT2D eigenvalue weighted by molar-refractivity contribution is 0.152. The summed E-state index contributed by atoms with van der Waals surface area (Å²) >= 11 is 0. The Morgan fingerprint density at radius 2 is 2.00 bits per heavy atom. The molecule has 0 saturated carbocycles. The Hall–Kier alpha value is -1.59. The number of ether oxygens (including phenoxy) is 1. The third-order valence-electron chi connectivity index (χ3n) is 3.56. The van der Waals surface area contributed by atoms with Gasteiger partial charge < -0.3 is 15.4 Å². The second-order valence-electron chi connectivity index (χ2n) is 5.33. The van der Waals surface area contributed by atoms with Gasteiger partial charge in [-0.1, -0.05) is 30.3 Å². The second kappa shape index (κ2) is 11.0. The number of nitrogens with zero attached hydrogens (tertiary/aromatic N) is 2. The summed E-state index contributed by atoms with van der Waals surface area (Å²) in [5.41, 5.74) is 1.33. The Morgan fingerprint density at radius 3 is 2.64 bits per heavy atom. The summed E-state index contributed by atoms with van der Waals surface area (Å²) < 4.78 is 5.31. The average molecular weight is 306 g/mol. The van der Waals surface area contributed by atoms with Crippen LogP contribution in [0.2, 0.25) is 0 Å². The van der Waals surface area contributed by atoms with Gasteiger partial charge in [0.15, 0.2) is 5.96 Å². The van der Waals surface area contributed by atoms with Crippen LogP contribution in [0.5, 0.6) is 0 Å². The molecule has 1 aromatic carbocycles. The normalized spacial score (nSPS) is 13.2. The zero-order valence-corrected chi connectivity index (χ0v) is 14.3. The lowest BCUT2D eigenvalue weighted by Gasteiger charge is -2.25. The van der Waals surface area contributed by atoms with Crippen LogP contribution in [0.4, 0.5) is 0 Å². The van der Waals surface area contributed by atoms with Gasteiger partial charge in [-0.2, -0.15) is 0 Å². The van der Waals surface area contributed by atoms with Crippen molar-refractivity contribution >= 4 is 5.96 Å². The molecule has 0 bridgehead atoms. The molecule has 0 saturated heterocycles. The Bertz CT molecular complexity index is 422. The summed E-state index contributed by atoms with van der Waals surface area (Å²) in [6.07, 6.45) is 0. The summed E-state index contributed by atoms with van der Waals surface area (Å²) in [7, 11) is 3.93. The first-order valence-electron chi connectivity index (χ1n) is 7.93. The summed E-state index contributed by atoms with van der Waals surface area (Å²) in [6.45, 7) is 8.20. The van der Waals surface area contributed by atoms with Crippen LogP contribution in [0.15, 0.2) is 35.3 Å². The van der Waals surface area contributed by atoms with Gasteiger partial charge in [-0.15, -0.1) is 0 Å². The minimum Gasteiger partial charge on any atom is -0.380 e. The van der Waals surface area contributed by atoms with E-state index in [1.807, 2.05) is 13.0 Å². The molecular weight excluding hydrogens is 276 g/mol. The Kier molecular flexibility index (Phi) is 9.26. The second-order valence-corrected chi connectivity index (χ2v) is 5.33. The molecule has 1 rings (SSSR count). The Labute approximate surface area is 134 Å². The van der Waals surface area contributed by atoms with Crippen molar-refractivity contribution in [2.75, 3.05) is 40.4 Å². The summed E-state index contributed by atoms with van der Waals surface area (Å²) in [5, 5.41) is 6.60. The number of hydrogen-bond acceptors (Lipinski definition) is 3. The van der Waals surface area contributed by atoms with E-state index in [4.69, 9.17) is 4.74 Å². The van der Waals surface area contributed by atoms with Crippen LogP contribution < -0.4 is 10.6 Å². The predicted molar refractivity (Wildman–Crippen MR) is 93.2 cm³/mol. The number of hydrogen-bond donors (Lipinski definition) is 2. The highest BCUT2D eigenvalue weighted by Gasteiger charge is 2.10. The molecule has 1 atom stereocenters. The van der Waals surface area contributed by atoms with Crippen molar-refractivity contribution in [3.05, 3.63) is 35.9 Å². The maximum absolute atomic E-state index is 5.31. The lowest BCUT2D eigenvalue weighted by atomic mass is 10.2. The van der Waals surface area contributed by atoms with Crippen LogP contribution in [-0.2, 0) is 11.3 Å². The van der Waals surface area contributed by atoms with Crippen LogP contribution in [0, 0.1) is 0 Å². The molecule has 2 N–H and O–H groups in total. The number of guanidine groups is 1. The van der Waals surface area contributed by atoms with Crippen LogP contribution in [0.1, 0.15) is 19.4 Å². The van der Waals surface area contributed by atoms with E-state index in [1.54, 1.807) is 7.05 Å². The van der Waals surface area contributed by atoms with Gasteiger partial charge in [0.1, 0.15) is 0 Å². The molecule has 0 heterocycles. The van der Waals surface area contributed by atoms with Crippen molar-refractivity contribution in [1.82, 2.24) is 15.5 Å². The molecule has 0 aliphatic carbocycles. The zero-order valence-electron chi connectivity index (χ0n) is 14.3. The molecule has 0 spiro atoms. The van der Waals surface area contributed by atoms with Crippen LogP contribution in [0.3, 0.4) is 0 Å². The third kappa shape index (κ3) is 7.43. The first kappa shape index (κ1) is 18.5. The zero-order chi connectivity index (χ0) is 16.2. The van der Waals surface area contributed by atoms with Crippen molar-refractivity contribution in [3.8, 4) is 0 Å². The van der Waals surface area contributed by atoms with Gasteiger partial charge in [0, 0.05) is 39.3 Å². The van der Waals surface area contributed by atoms with Gasteiger partial charge in [0.05, 0.1) is 6.61 Å². The Balaban J connectivity index is 2.29. The maximum atomic E-state index is 5.31. The van der Waals surface area contributed by atoms with Gasteiger partial charge in [-0.05, 0) is 26.5 Å². The molecule has 124 valence electrons. The Morgan fingerprint density at radius 1 is 1.27 bits per heavy atom. The molecule has 22 heavy (non-hydrogen) atoms. The third-order valence-corrected chi connectivity index (χ3v) is 3.56. The topological polar surface area (TPSA) is 48.9 Å². The van der Waals surface area contributed by atoms with Crippen molar-refractivity contribution in [3.63, 3.8) is 0 Å². The van der Waals surface area contributed by atoms with Crippen LogP contribution in [-0.4, -0.2) is 57.3 Å². The monoisotopic (exact) mass is 306 g/mol. The van der Waals surface area contributed by atoms with E-state index in [9.17, 15) is 0 Å². The number of benzene rings is 1. The van der Waals surface area contributed by atoms with E-state index in [1.165, 1.54) is 5.56 Å². The van der Waals surface area contributed by atoms with E-state index in [0.29, 0.717) is 12.6 Å². The van der Waals surface area contributed by atoms with Crippen molar-refractivity contribution < 1.29 is 4.74 Å². The number of rotatable bonds is 9. The minimum absolute atomic E-state index is 0.408. The molecule has 0 aliphatic heterocycles. The predicted octanol–water partition coefficient (Wildman–Crippen LogP) is 1.71. The molecule has 5 heteroatoms. The minimum atomic E-state index is 0.408. The maximum Gasteiger partial charge on any atom is 0.191 e. The van der Waals surface area contributed by atoms with E-state index in [2.05, 4.69) is 58.8 Å². The quantitative estimate of drug-likeness (QED) is 0.414. The molecule has 0 amide bonds. The fourth-order valence-corrected chi connectivity index (χ4v) is 2.03. The van der Waals surface area contributed by atoms with E-state index in [-0.39, 0.29) is 0 Å². The number of aliphatic imine (C=N–C) groups is 1. The van der Waals surface area contributed by atoms with Gasteiger partial charge in [0.2, 0.25) is 0 Å². The molecule has 0 fully saturated rings. The molecule has 5 nitrogen and oxygen atoms in total. The van der Waals surface area contributed by atoms with Crippen LogP contribution >= 0.6 is 0 Å². The van der Waals surface area contributed by atoms with Gasteiger partial charge >= 0.3 is 0 Å². The summed E-state index contributed by atoms with van der Waals surface area (Å²) in [6, 6.07) is 10.9. The van der Waals surface area contributed by atoms with Gasteiger partial charge in [-0.25, -0.2) is 0 Å². The molecule has 0 radical (unpaired) electrons. The first-order chi connectivity index (χ1) is 10.7. The highest BCUT2D eigenvalue weighted by Crippen LogP contribution is 2.05. The fraction of sp³-hybridized carbons (Fsp3) is 0.588. The van der Waals surface area contributed by atoms with Crippen LogP contribution in [0.25, 0.3) is 0 Å². The highest BCUT2D eigenvalue weighted by molar-refractivity contribution is 5.79. The molecular formula is C17H30N4O. The summed E-state index contributed by atoms with van der Waals surface area (Å²) in [5.74, 6) is 0.819.